The number of aromatic nitrogens is 5. The minimum Gasteiger partial charge on any atom is -0.245 e. The van der Waals surface area contributed by atoms with Crippen molar-refractivity contribution < 1.29 is 8.42 Å². The second-order valence-electron chi connectivity index (χ2n) is 4.77. The first-order chi connectivity index (χ1) is 10.6. The van der Waals surface area contributed by atoms with Gasteiger partial charge < -0.3 is 0 Å². The molecule has 2 heterocycles. The monoisotopic (exact) mass is 315 g/mol. The summed E-state index contributed by atoms with van der Waals surface area (Å²) in [4.78, 5) is 8.09. The first kappa shape index (κ1) is 14.3. The SMILES string of the molecule is Cc1ccc(S(=O)(=O)c2cn(Cc3ccncn3)nn2)cc1. The van der Waals surface area contributed by atoms with Gasteiger partial charge >= 0.3 is 0 Å². The van der Waals surface area contributed by atoms with Crippen LogP contribution >= 0.6 is 0 Å². The van der Waals surface area contributed by atoms with E-state index >= 15 is 0 Å². The minimum atomic E-state index is -3.65. The number of hydrogen-bond acceptors (Lipinski definition) is 6. The van der Waals surface area contributed by atoms with Gasteiger partial charge in [0.05, 0.1) is 23.3 Å². The summed E-state index contributed by atoms with van der Waals surface area (Å²) in [6, 6.07) is 8.36. The highest BCUT2D eigenvalue weighted by Crippen LogP contribution is 2.18. The van der Waals surface area contributed by atoms with Gasteiger partial charge in [0, 0.05) is 6.20 Å². The molecule has 1 aromatic carbocycles. The van der Waals surface area contributed by atoms with Gasteiger partial charge in [0.25, 0.3) is 0 Å². The van der Waals surface area contributed by atoms with Gasteiger partial charge in [0.15, 0.2) is 0 Å². The van der Waals surface area contributed by atoms with Crippen LogP contribution in [-0.2, 0) is 16.4 Å². The van der Waals surface area contributed by atoms with Gasteiger partial charge in [-0.25, -0.2) is 23.1 Å². The van der Waals surface area contributed by atoms with E-state index in [0.717, 1.165) is 11.3 Å². The molecule has 112 valence electrons. The lowest BCUT2D eigenvalue weighted by atomic mass is 10.2. The maximum absolute atomic E-state index is 12.5. The number of nitrogens with zero attached hydrogens (tertiary/aromatic N) is 5. The Morgan fingerprint density at radius 2 is 1.91 bits per heavy atom. The fourth-order valence-corrected chi connectivity index (χ4v) is 3.04. The van der Waals surface area contributed by atoms with Gasteiger partial charge in [0.2, 0.25) is 14.9 Å². The van der Waals surface area contributed by atoms with E-state index in [1.54, 1.807) is 36.5 Å². The van der Waals surface area contributed by atoms with E-state index in [0.29, 0.717) is 6.54 Å². The Balaban J connectivity index is 1.88. The van der Waals surface area contributed by atoms with Crippen LogP contribution in [0.2, 0.25) is 0 Å². The highest BCUT2D eigenvalue weighted by Gasteiger charge is 2.21. The average Bonchev–Trinajstić information content (AvgIpc) is 2.98. The zero-order valence-electron chi connectivity index (χ0n) is 11.8. The van der Waals surface area contributed by atoms with Crippen molar-refractivity contribution in [1.29, 1.82) is 0 Å². The Hall–Kier alpha value is -2.61. The van der Waals surface area contributed by atoms with Crippen molar-refractivity contribution in [2.75, 3.05) is 0 Å². The van der Waals surface area contributed by atoms with Crippen molar-refractivity contribution in [3.05, 3.63) is 60.3 Å². The molecule has 0 saturated carbocycles. The van der Waals surface area contributed by atoms with E-state index in [-0.39, 0.29) is 9.92 Å². The van der Waals surface area contributed by atoms with Crippen LogP contribution in [0.25, 0.3) is 0 Å². The van der Waals surface area contributed by atoms with Gasteiger partial charge in [0.1, 0.15) is 6.33 Å². The lowest BCUT2D eigenvalue weighted by molar-refractivity contribution is 0.591. The van der Waals surface area contributed by atoms with Crippen molar-refractivity contribution in [3.8, 4) is 0 Å². The lowest BCUT2D eigenvalue weighted by Crippen LogP contribution is -2.03. The molecule has 0 spiro atoms. The Kier molecular flexibility index (Phi) is 3.68. The van der Waals surface area contributed by atoms with Gasteiger partial charge in [-0.05, 0) is 25.1 Å². The molecule has 8 heteroatoms. The summed E-state index contributed by atoms with van der Waals surface area (Å²) in [5.74, 6) is 0. The van der Waals surface area contributed by atoms with Gasteiger partial charge in [-0.2, -0.15) is 0 Å². The molecule has 0 aliphatic rings. The summed E-state index contributed by atoms with van der Waals surface area (Å²) < 4.78 is 26.4. The molecule has 0 aliphatic heterocycles. The van der Waals surface area contributed by atoms with Crippen molar-refractivity contribution in [1.82, 2.24) is 25.0 Å². The molecule has 0 saturated heterocycles. The summed E-state index contributed by atoms with van der Waals surface area (Å²) in [6.45, 7) is 2.23. The zero-order chi connectivity index (χ0) is 15.6. The third-order valence-corrected chi connectivity index (χ3v) is 4.72. The number of aryl methyl sites for hydroxylation is 1. The molecule has 0 bridgehead atoms. The molecule has 0 radical (unpaired) electrons. The number of hydrogen-bond donors (Lipinski definition) is 0. The standard InChI is InChI=1S/C14H13N5O2S/c1-11-2-4-13(5-3-11)22(20,21)14-9-19(18-17-14)8-12-6-7-15-10-16-12/h2-7,9-10H,8H2,1H3. The van der Waals surface area contributed by atoms with Gasteiger partial charge in [-0.1, -0.05) is 22.9 Å². The maximum atomic E-state index is 12.5. The van der Waals surface area contributed by atoms with E-state index in [4.69, 9.17) is 0 Å². The summed E-state index contributed by atoms with van der Waals surface area (Å²) in [5.41, 5.74) is 1.71. The first-order valence-electron chi connectivity index (χ1n) is 6.52. The van der Waals surface area contributed by atoms with Gasteiger partial charge in [-0.3, -0.25) is 0 Å². The summed E-state index contributed by atoms with van der Waals surface area (Å²) >= 11 is 0. The van der Waals surface area contributed by atoms with E-state index in [1.165, 1.54) is 17.2 Å². The second kappa shape index (κ2) is 5.64. The third-order valence-electron chi connectivity index (χ3n) is 3.09. The summed E-state index contributed by atoms with van der Waals surface area (Å²) in [6.07, 6.45) is 4.44. The predicted octanol–water partition coefficient (Wildman–Crippen LogP) is 1.26. The first-order valence-corrected chi connectivity index (χ1v) is 8.01. The topological polar surface area (TPSA) is 90.6 Å². The Morgan fingerprint density at radius 3 is 2.59 bits per heavy atom. The molecule has 3 rings (SSSR count). The Morgan fingerprint density at radius 1 is 1.14 bits per heavy atom. The quantitative estimate of drug-likeness (QED) is 0.720. The molecule has 2 aromatic heterocycles. The molecular formula is C14H13N5O2S. The Bertz CT molecular complexity index is 873. The minimum absolute atomic E-state index is 0.0783. The van der Waals surface area contributed by atoms with Crippen LogP contribution in [0.5, 0.6) is 0 Å². The largest absolute Gasteiger partial charge is 0.245 e. The maximum Gasteiger partial charge on any atom is 0.227 e. The van der Waals surface area contributed by atoms with Crippen molar-refractivity contribution >= 4 is 9.84 Å². The van der Waals surface area contributed by atoms with Crippen LogP contribution < -0.4 is 0 Å². The molecule has 22 heavy (non-hydrogen) atoms. The van der Waals surface area contributed by atoms with Crippen LogP contribution in [0.4, 0.5) is 0 Å². The van der Waals surface area contributed by atoms with Gasteiger partial charge in [-0.15, -0.1) is 5.10 Å². The summed E-state index contributed by atoms with van der Waals surface area (Å²) in [5, 5.41) is 7.53. The fourth-order valence-electron chi connectivity index (χ4n) is 1.90. The molecule has 0 fully saturated rings. The average molecular weight is 315 g/mol. The van der Waals surface area contributed by atoms with E-state index in [9.17, 15) is 8.42 Å². The normalized spacial score (nSPS) is 11.5. The highest BCUT2D eigenvalue weighted by molar-refractivity contribution is 7.91. The van der Waals surface area contributed by atoms with Crippen LogP contribution in [0.1, 0.15) is 11.3 Å². The molecule has 0 aliphatic carbocycles. The Labute approximate surface area is 127 Å². The molecular weight excluding hydrogens is 302 g/mol. The van der Waals surface area contributed by atoms with Crippen molar-refractivity contribution in [2.24, 2.45) is 0 Å². The van der Waals surface area contributed by atoms with Crippen LogP contribution in [0.3, 0.4) is 0 Å². The smallest absolute Gasteiger partial charge is 0.227 e. The van der Waals surface area contributed by atoms with E-state index in [1.807, 2.05) is 6.92 Å². The third kappa shape index (κ3) is 2.86. The molecule has 0 N–H and O–H groups in total. The van der Waals surface area contributed by atoms with Crippen molar-refractivity contribution in [3.63, 3.8) is 0 Å². The number of rotatable bonds is 4. The lowest BCUT2D eigenvalue weighted by Gasteiger charge is -2.01. The highest BCUT2D eigenvalue weighted by atomic mass is 32.2. The molecule has 0 atom stereocenters. The second-order valence-corrected chi connectivity index (χ2v) is 6.67. The number of sulfone groups is 1. The van der Waals surface area contributed by atoms with Crippen LogP contribution in [-0.4, -0.2) is 33.4 Å². The van der Waals surface area contributed by atoms with E-state index in [2.05, 4.69) is 20.3 Å². The molecule has 7 nitrogen and oxygen atoms in total. The predicted molar refractivity (Wildman–Crippen MR) is 77.8 cm³/mol. The zero-order valence-corrected chi connectivity index (χ0v) is 12.6. The fraction of sp³-hybridized carbons (Fsp3) is 0.143. The number of benzene rings is 1. The van der Waals surface area contributed by atoms with Crippen LogP contribution in [0.15, 0.2) is 59.0 Å². The van der Waals surface area contributed by atoms with E-state index < -0.39 is 9.84 Å². The molecule has 0 amide bonds. The van der Waals surface area contributed by atoms with Crippen LogP contribution in [0, 0.1) is 6.92 Å². The molecule has 3 aromatic rings. The van der Waals surface area contributed by atoms with Crippen molar-refractivity contribution in [2.45, 2.75) is 23.4 Å². The summed E-state index contributed by atoms with van der Waals surface area (Å²) in [7, 11) is -3.65. The molecule has 0 unspecified atom stereocenters.